The van der Waals surface area contributed by atoms with Crippen molar-refractivity contribution >= 4 is 27.7 Å². The Hall–Kier alpha value is -2.45. The molecular formula is C14H17N5O2S. The second-order valence-corrected chi connectivity index (χ2v) is 6.12. The van der Waals surface area contributed by atoms with Crippen LogP contribution in [0.25, 0.3) is 0 Å². The van der Waals surface area contributed by atoms with Crippen molar-refractivity contribution in [1.29, 1.82) is 5.41 Å². The maximum atomic E-state index is 11.2. The van der Waals surface area contributed by atoms with Gasteiger partial charge in [-0.05, 0) is 23.8 Å². The smallest absolute Gasteiger partial charge is 0.238 e. The van der Waals surface area contributed by atoms with Crippen LogP contribution in [-0.2, 0) is 16.6 Å². The fourth-order valence-corrected chi connectivity index (χ4v) is 2.48. The number of hydrogen-bond donors (Lipinski definition) is 4. The lowest BCUT2D eigenvalue weighted by Crippen LogP contribution is -2.12. The Labute approximate surface area is 129 Å². The van der Waals surface area contributed by atoms with Crippen molar-refractivity contribution < 1.29 is 8.42 Å². The predicted octanol–water partition coefficient (Wildman–Crippen LogP) is 1.38. The predicted molar refractivity (Wildman–Crippen MR) is 86.8 cm³/mol. The van der Waals surface area contributed by atoms with Crippen LogP contribution >= 0.6 is 0 Å². The first kappa shape index (κ1) is 15.9. The van der Waals surface area contributed by atoms with Gasteiger partial charge in [0.2, 0.25) is 10.0 Å². The van der Waals surface area contributed by atoms with Crippen LogP contribution in [0.2, 0.25) is 0 Å². The number of anilines is 2. The first-order valence-electron chi connectivity index (χ1n) is 6.48. The molecule has 0 bridgehead atoms. The molecule has 0 fully saturated rings. The minimum absolute atomic E-state index is 0.0813. The highest BCUT2D eigenvalue weighted by molar-refractivity contribution is 7.89. The molecule has 5 N–H and O–H groups in total. The molecule has 7 nitrogen and oxygen atoms in total. The van der Waals surface area contributed by atoms with Crippen molar-refractivity contribution in [2.24, 2.45) is 5.14 Å². The molecule has 1 aromatic carbocycles. The van der Waals surface area contributed by atoms with Crippen molar-refractivity contribution in [3.05, 3.63) is 47.7 Å². The van der Waals surface area contributed by atoms with Gasteiger partial charge in [0.15, 0.2) is 0 Å². The molecule has 0 aliphatic carbocycles. The van der Waals surface area contributed by atoms with Gasteiger partial charge >= 0.3 is 0 Å². The first-order chi connectivity index (χ1) is 10.5. The van der Waals surface area contributed by atoms with E-state index in [2.05, 4.69) is 15.6 Å². The Morgan fingerprint density at radius 2 is 1.95 bits per heavy atom. The molecule has 0 atom stereocenters. The minimum atomic E-state index is -3.67. The first-order valence-corrected chi connectivity index (χ1v) is 8.03. The highest BCUT2D eigenvalue weighted by Crippen LogP contribution is 2.20. The van der Waals surface area contributed by atoms with Crippen LogP contribution < -0.4 is 15.8 Å². The van der Waals surface area contributed by atoms with Gasteiger partial charge in [-0.2, -0.15) is 0 Å². The standard InChI is InChI=1S/C14H17N5O2S/c1-17-14-12(8-15)13(6-7-18-14)19-9-10-2-4-11(5-3-10)22(16,20)21/h2-8,15H,9H2,1H3,(H2,16,20,21)(H2,17,18,19). The molecule has 0 saturated carbocycles. The zero-order valence-corrected chi connectivity index (χ0v) is 12.8. The Morgan fingerprint density at radius 3 is 2.50 bits per heavy atom. The lowest BCUT2D eigenvalue weighted by Gasteiger charge is -2.12. The summed E-state index contributed by atoms with van der Waals surface area (Å²) < 4.78 is 22.4. The molecule has 2 rings (SSSR count). The van der Waals surface area contributed by atoms with Gasteiger partial charge in [-0.15, -0.1) is 0 Å². The molecule has 0 aliphatic heterocycles. The van der Waals surface area contributed by atoms with E-state index in [-0.39, 0.29) is 4.90 Å². The third kappa shape index (κ3) is 3.60. The zero-order chi connectivity index (χ0) is 16.2. The normalized spacial score (nSPS) is 11.0. The van der Waals surface area contributed by atoms with Crippen LogP contribution in [0.5, 0.6) is 0 Å². The maximum Gasteiger partial charge on any atom is 0.238 e. The molecule has 8 heteroatoms. The summed E-state index contributed by atoms with van der Waals surface area (Å²) >= 11 is 0. The fraction of sp³-hybridized carbons (Fsp3) is 0.143. The Bertz CT molecular complexity index is 772. The molecule has 22 heavy (non-hydrogen) atoms. The van der Waals surface area contributed by atoms with Crippen molar-refractivity contribution in [2.75, 3.05) is 17.7 Å². The second-order valence-electron chi connectivity index (χ2n) is 4.56. The van der Waals surface area contributed by atoms with Crippen molar-refractivity contribution in [1.82, 2.24) is 4.98 Å². The van der Waals surface area contributed by atoms with Gasteiger partial charge in [-0.1, -0.05) is 12.1 Å². The molecule has 0 radical (unpaired) electrons. The van der Waals surface area contributed by atoms with E-state index in [1.807, 2.05) is 0 Å². The van der Waals surface area contributed by atoms with Crippen LogP contribution in [0.3, 0.4) is 0 Å². The average Bonchev–Trinajstić information content (AvgIpc) is 2.51. The van der Waals surface area contributed by atoms with Crippen molar-refractivity contribution in [3.63, 3.8) is 0 Å². The third-order valence-electron chi connectivity index (χ3n) is 3.11. The molecule has 0 aliphatic rings. The summed E-state index contributed by atoms with van der Waals surface area (Å²) in [4.78, 5) is 4.22. The quantitative estimate of drug-likeness (QED) is 0.599. The minimum Gasteiger partial charge on any atom is -0.380 e. The van der Waals surface area contributed by atoms with Gasteiger partial charge in [-0.3, -0.25) is 0 Å². The van der Waals surface area contributed by atoms with Gasteiger partial charge in [0, 0.05) is 31.7 Å². The Balaban J connectivity index is 2.15. The number of nitrogens with zero attached hydrogens (tertiary/aromatic N) is 1. The van der Waals surface area contributed by atoms with Gasteiger partial charge in [-0.25, -0.2) is 18.5 Å². The van der Waals surface area contributed by atoms with Gasteiger partial charge < -0.3 is 16.0 Å². The number of hydrogen-bond acceptors (Lipinski definition) is 6. The van der Waals surface area contributed by atoms with E-state index in [1.165, 1.54) is 18.3 Å². The lowest BCUT2D eigenvalue weighted by atomic mass is 10.2. The number of primary sulfonamides is 1. The third-order valence-corrected chi connectivity index (χ3v) is 4.04. The van der Waals surface area contributed by atoms with E-state index < -0.39 is 10.0 Å². The molecule has 0 amide bonds. The summed E-state index contributed by atoms with van der Waals surface area (Å²) in [5, 5.41) is 18.7. The lowest BCUT2D eigenvalue weighted by molar-refractivity contribution is 0.598. The number of rotatable bonds is 6. The number of aromatic nitrogens is 1. The van der Waals surface area contributed by atoms with Gasteiger partial charge in [0.05, 0.1) is 10.5 Å². The molecule has 1 aromatic heterocycles. The van der Waals surface area contributed by atoms with E-state index in [1.54, 1.807) is 31.4 Å². The van der Waals surface area contributed by atoms with Crippen LogP contribution in [0, 0.1) is 5.41 Å². The summed E-state index contributed by atoms with van der Waals surface area (Å²) in [5.41, 5.74) is 2.32. The summed E-state index contributed by atoms with van der Waals surface area (Å²) in [5.74, 6) is 0.615. The molecule has 116 valence electrons. The van der Waals surface area contributed by atoms with Crippen LogP contribution in [0.4, 0.5) is 11.5 Å². The number of pyridine rings is 1. The number of benzene rings is 1. The van der Waals surface area contributed by atoms with Crippen LogP contribution in [0.15, 0.2) is 41.4 Å². The molecule has 0 spiro atoms. The molecule has 0 unspecified atom stereocenters. The summed E-state index contributed by atoms with van der Waals surface area (Å²) in [6.07, 6.45) is 2.87. The van der Waals surface area contributed by atoms with Gasteiger partial charge in [0.25, 0.3) is 0 Å². The molecular weight excluding hydrogens is 302 g/mol. The van der Waals surface area contributed by atoms with E-state index in [0.29, 0.717) is 17.9 Å². The van der Waals surface area contributed by atoms with E-state index in [9.17, 15) is 8.42 Å². The topological polar surface area (TPSA) is 121 Å². The van der Waals surface area contributed by atoms with E-state index >= 15 is 0 Å². The largest absolute Gasteiger partial charge is 0.380 e. The number of nitrogens with two attached hydrogens (primary N) is 1. The van der Waals surface area contributed by atoms with Crippen molar-refractivity contribution in [2.45, 2.75) is 11.4 Å². The molecule has 0 saturated heterocycles. The molecule has 2 aromatic rings. The summed E-state index contributed by atoms with van der Waals surface area (Å²) in [7, 11) is -1.93. The second kappa shape index (κ2) is 6.54. The SMILES string of the molecule is CNc1nccc(NCc2ccc(S(N)(=O)=O)cc2)c1C=N. The summed E-state index contributed by atoms with van der Waals surface area (Å²) in [6.45, 7) is 0.485. The monoisotopic (exact) mass is 319 g/mol. The fourth-order valence-electron chi connectivity index (χ4n) is 1.97. The van der Waals surface area contributed by atoms with E-state index in [4.69, 9.17) is 10.5 Å². The highest BCUT2D eigenvalue weighted by atomic mass is 32.2. The van der Waals surface area contributed by atoms with Gasteiger partial charge in [0.1, 0.15) is 5.82 Å². The van der Waals surface area contributed by atoms with Crippen molar-refractivity contribution in [3.8, 4) is 0 Å². The van der Waals surface area contributed by atoms with E-state index in [0.717, 1.165) is 11.3 Å². The number of nitrogens with one attached hydrogen (secondary N) is 3. The molecule has 1 heterocycles. The maximum absolute atomic E-state index is 11.2. The highest BCUT2D eigenvalue weighted by Gasteiger charge is 2.08. The Kier molecular flexibility index (Phi) is 4.74. The average molecular weight is 319 g/mol. The Morgan fingerprint density at radius 1 is 1.27 bits per heavy atom. The zero-order valence-electron chi connectivity index (χ0n) is 12.0. The van der Waals surface area contributed by atoms with Crippen LogP contribution in [0.1, 0.15) is 11.1 Å². The van der Waals surface area contributed by atoms with Crippen LogP contribution in [-0.4, -0.2) is 26.7 Å². The number of sulfonamides is 1. The summed E-state index contributed by atoms with van der Waals surface area (Å²) in [6, 6.07) is 8.10.